The Kier molecular flexibility index (Phi) is 3.28. The highest BCUT2D eigenvalue weighted by Crippen LogP contribution is 2.58. The highest BCUT2D eigenvalue weighted by atomic mass is 32.3. The second kappa shape index (κ2) is 3.77. The van der Waals surface area contributed by atoms with E-state index in [1.807, 2.05) is 13.8 Å². The van der Waals surface area contributed by atoms with Gasteiger partial charge in [-0.3, -0.25) is 9.11 Å². The standard InChI is InChI=1S/C7H14O3S.C2H6/c1-7-4-10-2-6(7)3-11(8,9)5-7;1-2/h6,8-9H,2-5H2,1H3;1-2H3. The van der Waals surface area contributed by atoms with E-state index in [2.05, 4.69) is 6.92 Å². The van der Waals surface area contributed by atoms with Crippen LogP contribution in [0.5, 0.6) is 0 Å². The van der Waals surface area contributed by atoms with Crippen molar-refractivity contribution in [2.75, 3.05) is 24.7 Å². The maximum Gasteiger partial charge on any atom is 0.0539 e. The number of rotatable bonds is 0. The molecule has 3 nitrogen and oxygen atoms in total. The molecule has 80 valence electrons. The third kappa shape index (κ3) is 2.18. The maximum absolute atomic E-state index is 9.45. The van der Waals surface area contributed by atoms with Gasteiger partial charge in [0.05, 0.1) is 13.2 Å². The van der Waals surface area contributed by atoms with Gasteiger partial charge in [0.15, 0.2) is 0 Å². The lowest BCUT2D eigenvalue weighted by molar-refractivity contribution is 0.166. The third-order valence-electron chi connectivity index (χ3n) is 2.77. The Bertz CT molecular complexity index is 184. The first-order valence-electron chi connectivity index (χ1n) is 4.83. The average Bonchev–Trinajstić information content (AvgIpc) is 2.43. The zero-order valence-electron chi connectivity index (χ0n) is 8.62. The van der Waals surface area contributed by atoms with E-state index >= 15 is 0 Å². The molecule has 0 aromatic carbocycles. The van der Waals surface area contributed by atoms with E-state index in [-0.39, 0.29) is 5.41 Å². The van der Waals surface area contributed by atoms with Gasteiger partial charge < -0.3 is 4.74 Å². The van der Waals surface area contributed by atoms with Crippen molar-refractivity contribution >= 4 is 10.6 Å². The third-order valence-corrected chi connectivity index (χ3v) is 4.82. The molecule has 2 aliphatic rings. The summed E-state index contributed by atoms with van der Waals surface area (Å²) in [5.41, 5.74) is 0.0544. The highest BCUT2D eigenvalue weighted by Gasteiger charge is 2.50. The lowest BCUT2D eigenvalue weighted by Crippen LogP contribution is -2.23. The first-order chi connectivity index (χ1) is 6.02. The largest absolute Gasteiger partial charge is 0.380 e. The predicted octanol–water partition coefficient (Wildman–Crippen LogP) is 2.43. The predicted molar refractivity (Wildman–Crippen MR) is 56.3 cm³/mol. The summed E-state index contributed by atoms with van der Waals surface area (Å²) < 4.78 is 24.2. The van der Waals surface area contributed by atoms with Gasteiger partial charge in [-0.15, -0.1) is 0 Å². The molecule has 2 N–H and O–H groups in total. The van der Waals surface area contributed by atoms with Crippen LogP contribution in [0.3, 0.4) is 0 Å². The Labute approximate surface area is 81.8 Å². The fraction of sp³-hybridized carbons (Fsp3) is 1.00. The van der Waals surface area contributed by atoms with Crippen LogP contribution in [0.2, 0.25) is 0 Å². The van der Waals surface area contributed by atoms with Crippen LogP contribution in [0, 0.1) is 11.3 Å². The smallest absolute Gasteiger partial charge is 0.0539 e. The molecule has 4 heteroatoms. The van der Waals surface area contributed by atoms with Crippen molar-refractivity contribution in [2.45, 2.75) is 20.8 Å². The molecular formula is C9H20O3S. The van der Waals surface area contributed by atoms with Gasteiger partial charge in [0.2, 0.25) is 0 Å². The van der Waals surface area contributed by atoms with E-state index in [0.29, 0.717) is 30.6 Å². The van der Waals surface area contributed by atoms with Crippen LogP contribution in [0.4, 0.5) is 0 Å². The van der Waals surface area contributed by atoms with Gasteiger partial charge >= 0.3 is 0 Å². The van der Waals surface area contributed by atoms with E-state index in [1.165, 1.54) is 0 Å². The van der Waals surface area contributed by atoms with Crippen LogP contribution < -0.4 is 0 Å². The van der Waals surface area contributed by atoms with Gasteiger partial charge in [0.1, 0.15) is 0 Å². The normalized spacial score (nSPS) is 43.3. The molecule has 13 heavy (non-hydrogen) atoms. The molecule has 0 amide bonds. The minimum absolute atomic E-state index is 0.0544. The number of hydrogen-bond acceptors (Lipinski definition) is 3. The molecule has 2 saturated heterocycles. The zero-order chi connectivity index (χ0) is 10.1. The lowest BCUT2D eigenvalue weighted by atomic mass is 9.84. The van der Waals surface area contributed by atoms with Crippen molar-refractivity contribution in [1.29, 1.82) is 0 Å². The van der Waals surface area contributed by atoms with Gasteiger partial charge in [-0.2, -0.15) is 10.6 Å². The maximum atomic E-state index is 9.45. The van der Waals surface area contributed by atoms with Crippen molar-refractivity contribution in [3.05, 3.63) is 0 Å². The van der Waals surface area contributed by atoms with Crippen molar-refractivity contribution in [2.24, 2.45) is 11.3 Å². The molecule has 2 rings (SSSR count). The summed E-state index contributed by atoms with van der Waals surface area (Å²) in [5, 5.41) is 0. The quantitative estimate of drug-likeness (QED) is 0.643. The summed E-state index contributed by atoms with van der Waals surface area (Å²) in [6.07, 6.45) is 0. The van der Waals surface area contributed by atoms with Gasteiger partial charge in [-0.1, -0.05) is 20.8 Å². The van der Waals surface area contributed by atoms with Crippen molar-refractivity contribution in [3.63, 3.8) is 0 Å². The monoisotopic (exact) mass is 208 g/mol. The van der Waals surface area contributed by atoms with E-state index < -0.39 is 10.6 Å². The molecule has 0 saturated carbocycles. The van der Waals surface area contributed by atoms with Gasteiger partial charge in [0, 0.05) is 22.8 Å². The summed E-state index contributed by atoms with van der Waals surface area (Å²) in [6, 6.07) is 0. The molecule has 2 atom stereocenters. The molecule has 0 aromatic heterocycles. The summed E-state index contributed by atoms with van der Waals surface area (Å²) >= 11 is 0. The fourth-order valence-electron chi connectivity index (χ4n) is 2.07. The van der Waals surface area contributed by atoms with E-state index in [4.69, 9.17) is 4.74 Å². The van der Waals surface area contributed by atoms with Crippen molar-refractivity contribution in [1.82, 2.24) is 0 Å². The molecular weight excluding hydrogens is 188 g/mol. The molecule has 0 aliphatic carbocycles. The van der Waals surface area contributed by atoms with Gasteiger partial charge in [-0.05, 0) is 0 Å². The molecule has 2 fully saturated rings. The second-order valence-electron chi connectivity index (χ2n) is 3.98. The average molecular weight is 208 g/mol. The van der Waals surface area contributed by atoms with Crippen molar-refractivity contribution < 1.29 is 13.8 Å². The molecule has 0 bridgehead atoms. The first kappa shape index (κ1) is 11.3. The summed E-state index contributed by atoms with van der Waals surface area (Å²) in [7, 11) is -2.24. The molecule has 2 aliphatic heterocycles. The van der Waals surface area contributed by atoms with Gasteiger partial charge in [-0.25, -0.2) is 0 Å². The van der Waals surface area contributed by atoms with Crippen molar-refractivity contribution in [3.8, 4) is 0 Å². The summed E-state index contributed by atoms with van der Waals surface area (Å²) in [4.78, 5) is 0. The van der Waals surface area contributed by atoms with E-state index in [9.17, 15) is 9.11 Å². The van der Waals surface area contributed by atoms with Crippen LogP contribution in [-0.4, -0.2) is 33.8 Å². The Morgan fingerprint density at radius 3 is 2.54 bits per heavy atom. The summed E-state index contributed by atoms with van der Waals surface area (Å²) in [5.74, 6) is 1.49. The summed E-state index contributed by atoms with van der Waals surface area (Å²) in [6.45, 7) is 7.51. The van der Waals surface area contributed by atoms with Crippen LogP contribution in [0.25, 0.3) is 0 Å². The Morgan fingerprint density at radius 1 is 1.38 bits per heavy atom. The molecule has 2 unspecified atom stereocenters. The minimum atomic E-state index is -2.24. The Hall–Kier alpha value is 0.230. The molecule has 0 aromatic rings. The Morgan fingerprint density at radius 2 is 2.00 bits per heavy atom. The second-order valence-corrected chi connectivity index (χ2v) is 6.21. The van der Waals surface area contributed by atoms with Crippen LogP contribution >= 0.6 is 10.6 Å². The number of hydrogen-bond donors (Lipinski definition) is 2. The van der Waals surface area contributed by atoms with E-state index in [1.54, 1.807) is 0 Å². The highest BCUT2D eigenvalue weighted by molar-refractivity contribution is 8.24. The number of ether oxygens (including phenoxy) is 1. The van der Waals surface area contributed by atoms with Crippen LogP contribution in [0.1, 0.15) is 20.8 Å². The first-order valence-corrected chi connectivity index (χ1v) is 6.72. The Balaban J connectivity index is 0.000000396. The van der Waals surface area contributed by atoms with E-state index in [0.717, 1.165) is 0 Å². The minimum Gasteiger partial charge on any atom is -0.380 e. The SMILES string of the molecule is CC.CC12COCC1CS(O)(O)C2. The zero-order valence-corrected chi connectivity index (χ0v) is 9.43. The molecule has 0 radical (unpaired) electrons. The molecule has 2 heterocycles. The van der Waals surface area contributed by atoms with Crippen LogP contribution in [0.15, 0.2) is 0 Å². The lowest BCUT2D eigenvalue weighted by Gasteiger charge is -2.28. The topological polar surface area (TPSA) is 49.7 Å². The van der Waals surface area contributed by atoms with Crippen LogP contribution in [-0.2, 0) is 4.74 Å². The fourth-order valence-corrected chi connectivity index (χ4v) is 4.71. The van der Waals surface area contributed by atoms with Gasteiger partial charge in [0.25, 0.3) is 0 Å². The molecule has 0 spiro atoms. The number of fused-ring (bicyclic) bond motifs is 1.